The predicted molar refractivity (Wildman–Crippen MR) is 80.1 cm³/mol. The number of amides is 1. The molecule has 0 bridgehead atoms. The highest BCUT2D eigenvalue weighted by Gasteiger charge is 2.29. The van der Waals surface area contributed by atoms with Crippen molar-refractivity contribution in [2.45, 2.75) is 38.3 Å². The Morgan fingerprint density at radius 2 is 2.23 bits per heavy atom. The van der Waals surface area contributed by atoms with E-state index < -0.39 is 12.6 Å². The summed E-state index contributed by atoms with van der Waals surface area (Å²) in [6, 6.07) is 6.58. The minimum absolute atomic E-state index is 0.0693. The van der Waals surface area contributed by atoms with Gasteiger partial charge in [-0.15, -0.1) is 0 Å². The van der Waals surface area contributed by atoms with Gasteiger partial charge in [0.1, 0.15) is 5.75 Å². The third kappa shape index (κ3) is 4.73. The number of rotatable bonds is 5. The molecule has 1 aromatic rings. The van der Waals surface area contributed by atoms with Crippen LogP contribution in [0, 0.1) is 0 Å². The Labute approximate surface area is 129 Å². The van der Waals surface area contributed by atoms with Crippen molar-refractivity contribution in [1.82, 2.24) is 5.32 Å². The van der Waals surface area contributed by atoms with Crippen molar-refractivity contribution < 1.29 is 24.2 Å². The van der Waals surface area contributed by atoms with Crippen LogP contribution < -0.4 is 10.1 Å². The zero-order valence-corrected chi connectivity index (χ0v) is 12.8. The fourth-order valence-corrected chi connectivity index (χ4v) is 2.50. The van der Waals surface area contributed by atoms with Crippen molar-refractivity contribution in [3.8, 4) is 5.75 Å². The molecule has 120 valence electrons. The second-order valence-electron chi connectivity index (χ2n) is 5.98. The van der Waals surface area contributed by atoms with E-state index in [2.05, 4.69) is 5.32 Å². The summed E-state index contributed by atoms with van der Waals surface area (Å²) in [5.74, 6) is -0.884. The molecule has 0 aliphatic carbocycles. The summed E-state index contributed by atoms with van der Waals surface area (Å²) in [4.78, 5) is 22.8. The molecular weight excluding hydrogens is 286 g/mol. The number of carbonyl (C=O) groups is 2. The van der Waals surface area contributed by atoms with E-state index in [1.54, 1.807) is 24.3 Å². The lowest BCUT2D eigenvalue weighted by molar-refractivity contribution is -0.139. The molecule has 0 spiro atoms. The zero-order chi connectivity index (χ0) is 16.2. The maximum absolute atomic E-state index is 12.3. The molecule has 1 aromatic carbocycles. The number of hydrogen-bond acceptors (Lipinski definition) is 4. The van der Waals surface area contributed by atoms with E-state index in [1.165, 1.54) is 0 Å². The number of benzene rings is 1. The van der Waals surface area contributed by atoms with Crippen LogP contribution in [0.25, 0.3) is 0 Å². The minimum Gasteiger partial charge on any atom is -0.482 e. The summed E-state index contributed by atoms with van der Waals surface area (Å²) >= 11 is 0. The van der Waals surface area contributed by atoms with Gasteiger partial charge in [0.25, 0.3) is 5.91 Å². The first kappa shape index (κ1) is 16.3. The summed E-state index contributed by atoms with van der Waals surface area (Å²) in [6.45, 7) is 4.20. The van der Waals surface area contributed by atoms with E-state index in [9.17, 15) is 9.59 Å². The Bertz CT molecular complexity index is 555. The first-order chi connectivity index (χ1) is 10.4. The van der Waals surface area contributed by atoms with E-state index in [4.69, 9.17) is 14.6 Å². The lowest BCUT2D eigenvalue weighted by Gasteiger charge is -2.35. The molecule has 2 rings (SSSR count). The van der Waals surface area contributed by atoms with E-state index in [-0.39, 0.29) is 17.6 Å². The molecule has 2 N–H and O–H groups in total. The highest BCUT2D eigenvalue weighted by Crippen LogP contribution is 2.24. The quantitative estimate of drug-likeness (QED) is 0.867. The molecule has 22 heavy (non-hydrogen) atoms. The second kappa shape index (κ2) is 6.79. The number of nitrogens with one attached hydrogen (secondary N) is 1. The average Bonchev–Trinajstić information content (AvgIpc) is 2.44. The summed E-state index contributed by atoms with van der Waals surface area (Å²) < 4.78 is 10.7. The molecule has 0 aromatic heterocycles. The van der Waals surface area contributed by atoms with Gasteiger partial charge in [-0.25, -0.2) is 4.79 Å². The molecular formula is C16H21NO5. The van der Waals surface area contributed by atoms with Gasteiger partial charge in [0, 0.05) is 18.2 Å². The lowest BCUT2D eigenvalue weighted by atomic mass is 9.94. The summed E-state index contributed by atoms with van der Waals surface area (Å²) in [5, 5.41) is 11.6. The van der Waals surface area contributed by atoms with Crippen LogP contribution in [0.2, 0.25) is 0 Å². The Morgan fingerprint density at radius 1 is 1.45 bits per heavy atom. The van der Waals surface area contributed by atoms with Gasteiger partial charge in [0.15, 0.2) is 6.61 Å². The maximum atomic E-state index is 12.3. The van der Waals surface area contributed by atoms with E-state index in [1.807, 2.05) is 13.8 Å². The molecule has 1 amide bonds. The molecule has 6 nitrogen and oxygen atoms in total. The summed E-state index contributed by atoms with van der Waals surface area (Å²) in [6.07, 6.45) is 1.54. The standard InChI is InChI=1S/C16H21NO5/c1-16(2)9-12(6-7-22-16)17-15(20)11-4-3-5-13(8-11)21-10-14(18)19/h3-5,8,12H,6-7,9-10H2,1-2H3,(H,17,20)(H,18,19). The van der Waals surface area contributed by atoms with E-state index >= 15 is 0 Å². The Morgan fingerprint density at radius 3 is 2.91 bits per heavy atom. The van der Waals surface area contributed by atoms with Crippen LogP contribution in [0.1, 0.15) is 37.0 Å². The lowest BCUT2D eigenvalue weighted by Crippen LogP contribution is -2.45. The number of carboxylic acids is 1. The Balaban J connectivity index is 1.97. The molecule has 0 radical (unpaired) electrons. The molecule has 1 aliphatic heterocycles. The average molecular weight is 307 g/mol. The molecule has 0 saturated carbocycles. The normalized spacial score (nSPS) is 20.2. The molecule has 6 heteroatoms. The van der Waals surface area contributed by atoms with Crippen molar-refractivity contribution in [2.75, 3.05) is 13.2 Å². The van der Waals surface area contributed by atoms with Gasteiger partial charge >= 0.3 is 5.97 Å². The first-order valence-electron chi connectivity index (χ1n) is 7.25. The van der Waals surface area contributed by atoms with Crippen LogP contribution in [0.4, 0.5) is 0 Å². The van der Waals surface area contributed by atoms with Gasteiger partial charge in [-0.05, 0) is 44.9 Å². The van der Waals surface area contributed by atoms with Crippen LogP contribution in [-0.2, 0) is 9.53 Å². The number of hydrogen-bond donors (Lipinski definition) is 2. The molecule has 1 saturated heterocycles. The van der Waals surface area contributed by atoms with E-state index in [0.717, 1.165) is 12.8 Å². The highest BCUT2D eigenvalue weighted by molar-refractivity contribution is 5.94. The van der Waals surface area contributed by atoms with Gasteiger partial charge in [0.05, 0.1) is 5.60 Å². The van der Waals surface area contributed by atoms with Crippen LogP contribution >= 0.6 is 0 Å². The number of carbonyl (C=O) groups excluding carboxylic acids is 1. The van der Waals surface area contributed by atoms with Crippen molar-refractivity contribution in [1.29, 1.82) is 0 Å². The van der Waals surface area contributed by atoms with Crippen molar-refractivity contribution in [3.05, 3.63) is 29.8 Å². The highest BCUT2D eigenvalue weighted by atomic mass is 16.5. The zero-order valence-electron chi connectivity index (χ0n) is 12.8. The molecule has 1 atom stereocenters. The fourth-order valence-electron chi connectivity index (χ4n) is 2.50. The molecule has 1 fully saturated rings. The predicted octanol–water partition coefficient (Wildman–Crippen LogP) is 1.84. The Hall–Kier alpha value is -2.08. The smallest absolute Gasteiger partial charge is 0.341 e. The fraction of sp³-hybridized carbons (Fsp3) is 0.500. The summed E-state index contributed by atoms with van der Waals surface area (Å²) in [5.41, 5.74) is 0.218. The van der Waals surface area contributed by atoms with Crippen LogP contribution in [0.15, 0.2) is 24.3 Å². The third-order valence-electron chi connectivity index (χ3n) is 3.49. The van der Waals surface area contributed by atoms with Crippen molar-refractivity contribution in [3.63, 3.8) is 0 Å². The number of ether oxygens (including phenoxy) is 2. The Kier molecular flexibility index (Phi) is 5.03. The topological polar surface area (TPSA) is 84.9 Å². The SMILES string of the molecule is CC1(C)CC(NC(=O)c2cccc(OCC(=O)O)c2)CCO1. The van der Waals surface area contributed by atoms with Gasteiger partial charge in [-0.2, -0.15) is 0 Å². The van der Waals surface area contributed by atoms with Crippen LogP contribution in [0.5, 0.6) is 5.75 Å². The second-order valence-corrected chi connectivity index (χ2v) is 5.98. The first-order valence-corrected chi connectivity index (χ1v) is 7.25. The number of carboxylic acid groups (broad SMARTS) is 1. The molecule has 1 heterocycles. The monoisotopic (exact) mass is 307 g/mol. The third-order valence-corrected chi connectivity index (χ3v) is 3.49. The van der Waals surface area contributed by atoms with Crippen LogP contribution in [-0.4, -0.2) is 41.8 Å². The van der Waals surface area contributed by atoms with Crippen molar-refractivity contribution >= 4 is 11.9 Å². The minimum atomic E-state index is -1.06. The molecule has 1 aliphatic rings. The van der Waals surface area contributed by atoms with E-state index in [0.29, 0.717) is 17.9 Å². The largest absolute Gasteiger partial charge is 0.482 e. The molecule has 1 unspecified atom stereocenters. The number of aliphatic carboxylic acids is 1. The van der Waals surface area contributed by atoms with Gasteiger partial charge in [0.2, 0.25) is 0 Å². The maximum Gasteiger partial charge on any atom is 0.341 e. The summed E-state index contributed by atoms with van der Waals surface area (Å²) in [7, 11) is 0. The van der Waals surface area contributed by atoms with Gasteiger partial charge in [-0.1, -0.05) is 6.07 Å². The van der Waals surface area contributed by atoms with Crippen LogP contribution in [0.3, 0.4) is 0 Å². The van der Waals surface area contributed by atoms with Gasteiger partial charge in [-0.3, -0.25) is 4.79 Å². The van der Waals surface area contributed by atoms with Crippen molar-refractivity contribution in [2.24, 2.45) is 0 Å². The van der Waals surface area contributed by atoms with Gasteiger partial charge < -0.3 is 19.9 Å².